The van der Waals surface area contributed by atoms with Gasteiger partial charge in [0.25, 0.3) is 0 Å². The van der Waals surface area contributed by atoms with Gasteiger partial charge >= 0.3 is 166 Å². The second-order valence-corrected chi connectivity index (χ2v) is 30.8. The zero-order chi connectivity index (χ0) is 96.1. The van der Waals surface area contributed by atoms with Crippen molar-refractivity contribution in [1.29, 1.82) is 0 Å². The van der Waals surface area contributed by atoms with Gasteiger partial charge in [-0.1, -0.05) is 121 Å². The van der Waals surface area contributed by atoms with Crippen LogP contribution in [-0.2, 0) is 83.4 Å². The van der Waals surface area contributed by atoms with Crippen LogP contribution in [0, 0.1) is 0 Å². The fourth-order valence-electron chi connectivity index (χ4n) is 11.2. The van der Waals surface area contributed by atoms with E-state index < -0.39 is 107 Å². The molecule has 0 bridgehead atoms. The van der Waals surface area contributed by atoms with Crippen molar-refractivity contribution in [2.45, 2.75) is 176 Å². The summed E-state index contributed by atoms with van der Waals surface area (Å²) >= 11 is 14.1. The number of nitrogens with two attached hydrogens (primary N) is 1. The molecule has 129 heavy (non-hydrogen) atoms. The third kappa shape index (κ3) is 83.0. The van der Waals surface area contributed by atoms with Crippen LogP contribution in [0.3, 0.4) is 0 Å². The molecule has 0 saturated heterocycles. The average molecular weight is 1880 g/mol. The van der Waals surface area contributed by atoms with Crippen molar-refractivity contribution in [2.75, 3.05) is 171 Å². The molecule has 18 N–H and O–H groups in total. The number of aliphatic hydroxyl groups excluding tert-OH is 3. The van der Waals surface area contributed by atoms with Crippen LogP contribution < -0.4 is 37.8 Å². The van der Waals surface area contributed by atoms with Gasteiger partial charge in [0.2, 0.25) is 0 Å². The van der Waals surface area contributed by atoms with E-state index in [9.17, 15) is 53.9 Å². The predicted molar refractivity (Wildman–Crippen MR) is 509 cm³/mol. The van der Waals surface area contributed by atoms with Crippen LogP contribution in [0.25, 0.3) is 0 Å². The fraction of sp³-hybridized carbons (Fsp3) is 0.631. The first kappa shape index (κ1) is 124. The first-order valence-corrected chi connectivity index (χ1v) is 45.3. The van der Waals surface area contributed by atoms with Gasteiger partial charge < -0.3 is 125 Å². The Labute approximate surface area is 782 Å². The Bertz CT molecular complexity index is 3240. The first-order chi connectivity index (χ1) is 62.0. The van der Waals surface area contributed by atoms with Gasteiger partial charge in [0, 0.05) is 58.0 Å². The Hall–Kier alpha value is -6.61. The van der Waals surface area contributed by atoms with Crippen LogP contribution in [-0.4, -0.2) is 338 Å². The Balaban J connectivity index is 0. The smallest absolute Gasteiger partial charge is 0.410 e. The Kier molecular flexibility index (Phi) is 84.9. The minimum atomic E-state index is -0.952. The maximum absolute atomic E-state index is 12.5. The molecule has 4 aromatic carbocycles. The number of aliphatic hydroxyl groups is 3. The summed E-state index contributed by atoms with van der Waals surface area (Å²) in [6.45, 7) is 25.2. The molecule has 0 atom stereocenters. The van der Waals surface area contributed by atoms with E-state index in [-0.39, 0.29) is 39.6 Å². The SMILES string of the molecule is CB(O)NCCCN(CCCCN(CCCNB(C)O)C(=O)OC(CO)CO)B(C)O.CB(O)NCCCNCCCCN(CCCN=CB=O)B(C)O.CC(=O)OCC(COC(C)=O)OC(=O)N(CCC[NH3+])CCCCNCCCN.O=C(Cl)Cl.O=C(Cl)OC(COCc1ccccc1)COCc1ccccc1.OC(COCc1ccccc1)COCc1ccccc1. The molecule has 0 aromatic heterocycles. The summed E-state index contributed by atoms with van der Waals surface area (Å²) in [5.74, 6) is -1.00. The number of halogens is 3. The van der Waals surface area contributed by atoms with E-state index in [4.69, 9.17) is 80.0 Å². The van der Waals surface area contributed by atoms with Gasteiger partial charge in [0.1, 0.15) is 31.5 Å². The van der Waals surface area contributed by atoms with Crippen LogP contribution in [0.4, 0.5) is 19.2 Å². The molecule has 0 aliphatic carbocycles. The molecule has 4 aromatic rings. The van der Waals surface area contributed by atoms with Gasteiger partial charge in [0.05, 0.1) is 72.6 Å². The molecule has 4 rings (SSSR count). The molecule has 2 amide bonds. The number of aliphatic imine (C=N–C) groups is 1. The van der Waals surface area contributed by atoms with Crippen molar-refractivity contribution >= 4 is 118 Å². The fourth-order valence-corrected chi connectivity index (χ4v) is 11.3. The summed E-state index contributed by atoms with van der Waals surface area (Å²) in [7, 11) is -1.99. The molecular weight excluding hydrogens is 1730 g/mol. The Morgan fingerprint density at radius 1 is 0.450 bits per heavy atom. The standard InChI is InChI=1S/C18H19ClO4.C18H36N4O6.C17H41B3N4O7.C17H20O3.C13H31B3N4O3.CCl2O/c19-18(20)23-17(13-21-11-15-7-3-1-4-8-15)14-22-12-16-9-5-2-6-10-16;1-15(23)26-13-17(14-27-16(2)24)28-18(25)22(12-6-8-20)11-4-3-9-21-10-5-7-19;1-18(28)21-8-6-11-23(17(27)31-16(14-25)15-26)10-4-5-12-24(20(3)30)13-7-9-22-19(2)29;18-17(13-19-11-15-7-3-1-4-8-15)14-20-12-16-9-5-2-6-10-16;1-15(22)19-10-5-8-17-7-3-4-11-20(16(2)23)12-6-9-18-13-14-21;2-1(3)4/h1-10,17H,11-14H2;17,21H,3-14,19-20H2,1-2H3;16,21-22,25-26,28-30H,4-15H2,1-3H3;1-10,17-18H,11-14H2;13,17,19,22-23H,3-12H2,1-2H3;/p+1. The van der Waals surface area contributed by atoms with E-state index in [1.807, 2.05) is 131 Å². The third-order valence-electron chi connectivity index (χ3n) is 17.8. The molecule has 0 aliphatic heterocycles. The number of nitrogens with one attached hydrogen (secondary N) is 5. The Morgan fingerprint density at radius 2 is 0.775 bits per heavy atom. The minimum Gasteiger partial charge on any atom is -0.462 e. The maximum Gasteiger partial charge on any atom is 0.410 e. The maximum atomic E-state index is 12.5. The van der Waals surface area contributed by atoms with Gasteiger partial charge in [-0.25, -0.2) is 14.4 Å². The molecule has 0 radical (unpaired) electrons. The number of carbonyl (C=O) groups excluding carboxylic acids is 6. The average Bonchev–Trinajstić information content (AvgIpc) is 0.922. The summed E-state index contributed by atoms with van der Waals surface area (Å²) in [6.07, 6.45) is 7.43. The largest absolute Gasteiger partial charge is 0.462 e. The minimum absolute atomic E-state index is 0.164. The number of hydrogen-bond donors (Lipinski definition) is 15. The van der Waals surface area contributed by atoms with Crippen molar-refractivity contribution < 1.29 is 122 Å². The summed E-state index contributed by atoms with van der Waals surface area (Å²) in [5.41, 5.74) is 12.7. The second kappa shape index (κ2) is 88.0. The van der Waals surface area contributed by atoms with Crippen molar-refractivity contribution in [2.24, 2.45) is 10.7 Å². The second-order valence-electron chi connectivity index (χ2n) is 29.6. The number of nitrogens with zero attached hydrogens (tertiary/aromatic N) is 5. The molecule has 45 heteroatoms. The van der Waals surface area contributed by atoms with Crippen molar-refractivity contribution in [3.05, 3.63) is 144 Å². The monoisotopic (exact) mass is 1880 g/mol. The van der Waals surface area contributed by atoms with Crippen LogP contribution in [0.15, 0.2) is 126 Å². The third-order valence-corrected chi connectivity index (χ3v) is 17.9. The molecule has 0 unspecified atom stereocenters. The summed E-state index contributed by atoms with van der Waals surface area (Å²) < 4.78 is 56.6. The zero-order valence-corrected chi connectivity index (χ0v) is 79.1. The number of esters is 2. The number of rotatable bonds is 68. The number of carbonyl (C=O) groups is 6. The molecule has 0 aliphatic rings. The van der Waals surface area contributed by atoms with Crippen LogP contribution in [0.2, 0.25) is 34.1 Å². The predicted octanol–water partition coefficient (Wildman–Crippen LogP) is 5.28. The number of quaternary nitrogens is 1. The Morgan fingerprint density at radius 3 is 1.15 bits per heavy atom. The number of unbranched alkanes of at least 4 members (excludes halogenated alkanes) is 3. The molecule has 0 heterocycles. The van der Waals surface area contributed by atoms with E-state index in [1.54, 1.807) is 39.0 Å². The topological polar surface area (TPSA) is 504 Å². The zero-order valence-electron chi connectivity index (χ0n) is 76.9. The summed E-state index contributed by atoms with van der Waals surface area (Å²) in [6, 6.07) is 39.3. The van der Waals surface area contributed by atoms with Gasteiger partial charge in [0.15, 0.2) is 6.10 Å². The van der Waals surface area contributed by atoms with Crippen molar-refractivity contribution in [1.82, 2.24) is 45.7 Å². The molecular formula is C84H148B6Cl3N12O24+. The summed E-state index contributed by atoms with van der Waals surface area (Å²) in [5, 5.41) is 90.7. The number of benzene rings is 4. The van der Waals surface area contributed by atoms with Gasteiger partial charge in [-0.15, -0.1) is 0 Å². The normalized spacial score (nSPS) is 10.8. The summed E-state index contributed by atoms with van der Waals surface area (Å²) in [4.78, 5) is 77.9. The van der Waals surface area contributed by atoms with E-state index in [0.29, 0.717) is 118 Å². The number of ether oxygens (including phenoxy) is 9. The van der Waals surface area contributed by atoms with Crippen LogP contribution >= 0.6 is 34.8 Å². The first-order valence-electron chi connectivity index (χ1n) is 44.2. The number of hydrogen-bond acceptors (Lipinski definition) is 33. The van der Waals surface area contributed by atoms with Crippen molar-refractivity contribution in [3.8, 4) is 0 Å². The molecule has 0 spiro atoms. The molecule has 36 nitrogen and oxygen atoms in total. The van der Waals surface area contributed by atoms with Crippen LogP contribution in [0.1, 0.15) is 113 Å². The molecule has 0 saturated carbocycles. The van der Waals surface area contributed by atoms with Gasteiger partial charge in [-0.3, -0.25) is 14.4 Å². The van der Waals surface area contributed by atoms with E-state index in [0.717, 1.165) is 132 Å². The van der Waals surface area contributed by atoms with E-state index >= 15 is 0 Å². The van der Waals surface area contributed by atoms with Gasteiger partial charge in [-0.2, -0.15) is 0 Å². The quantitative estimate of drug-likeness (QED) is 0.00668. The van der Waals surface area contributed by atoms with E-state index in [1.165, 1.54) is 24.9 Å². The van der Waals surface area contributed by atoms with Crippen LogP contribution in [0.5, 0.6) is 0 Å². The van der Waals surface area contributed by atoms with Crippen molar-refractivity contribution in [3.63, 3.8) is 0 Å². The molecule has 0 fully saturated rings. The van der Waals surface area contributed by atoms with Gasteiger partial charge in [-0.05, 0) is 176 Å². The molecule has 726 valence electrons. The van der Waals surface area contributed by atoms with E-state index in [2.05, 4.69) is 60.2 Å². The number of amides is 2.